The molecule has 1 aromatic carbocycles. The standard InChI is InChI=1S/C13H17NS/c1-2-4-12(5-3-1)8-14-9-13(10-14)6-7-15-11-13/h1-5H,6-11H2. The van der Waals surface area contributed by atoms with Gasteiger partial charge >= 0.3 is 0 Å². The van der Waals surface area contributed by atoms with E-state index < -0.39 is 0 Å². The summed E-state index contributed by atoms with van der Waals surface area (Å²) in [5.41, 5.74) is 2.16. The third-order valence-electron chi connectivity index (χ3n) is 3.55. The molecule has 1 spiro atoms. The lowest BCUT2D eigenvalue weighted by atomic mass is 9.79. The van der Waals surface area contributed by atoms with Gasteiger partial charge in [0.15, 0.2) is 0 Å². The fraction of sp³-hybridized carbons (Fsp3) is 0.538. The van der Waals surface area contributed by atoms with Gasteiger partial charge in [0.1, 0.15) is 0 Å². The molecule has 0 bridgehead atoms. The van der Waals surface area contributed by atoms with Crippen molar-refractivity contribution in [2.45, 2.75) is 13.0 Å². The van der Waals surface area contributed by atoms with Gasteiger partial charge in [0.25, 0.3) is 0 Å². The van der Waals surface area contributed by atoms with Crippen molar-refractivity contribution >= 4 is 11.8 Å². The Bertz CT molecular complexity index is 322. The summed E-state index contributed by atoms with van der Waals surface area (Å²) in [5, 5.41) is 0. The van der Waals surface area contributed by atoms with Crippen LogP contribution in [0.4, 0.5) is 0 Å². The van der Waals surface area contributed by atoms with E-state index in [4.69, 9.17) is 0 Å². The number of hydrogen-bond acceptors (Lipinski definition) is 2. The van der Waals surface area contributed by atoms with Crippen LogP contribution in [-0.4, -0.2) is 29.5 Å². The minimum absolute atomic E-state index is 0.708. The molecule has 15 heavy (non-hydrogen) atoms. The van der Waals surface area contributed by atoms with Gasteiger partial charge in [-0.05, 0) is 17.7 Å². The molecule has 2 heteroatoms. The first-order chi connectivity index (χ1) is 7.36. The zero-order valence-electron chi connectivity index (χ0n) is 8.98. The van der Waals surface area contributed by atoms with Gasteiger partial charge in [-0.2, -0.15) is 11.8 Å². The van der Waals surface area contributed by atoms with Crippen LogP contribution in [0.5, 0.6) is 0 Å². The van der Waals surface area contributed by atoms with E-state index in [1.165, 1.54) is 36.6 Å². The highest BCUT2D eigenvalue weighted by Gasteiger charge is 2.44. The molecule has 0 unspecified atom stereocenters. The Morgan fingerprint density at radius 3 is 2.67 bits per heavy atom. The molecule has 3 rings (SSSR count). The Labute approximate surface area is 95.9 Å². The van der Waals surface area contributed by atoms with Gasteiger partial charge < -0.3 is 0 Å². The number of hydrogen-bond donors (Lipinski definition) is 0. The van der Waals surface area contributed by atoms with Crippen LogP contribution in [0, 0.1) is 5.41 Å². The fourth-order valence-corrected chi connectivity index (χ4v) is 4.24. The summed E-state index contributed by atoms with van der Waals surface area (Å²) >= 11 is 2.14. The van der Waals surface area contributed by atoms with Gasteiger partial charge in [0.05, 0.1) is 0 Å². The van der Waals surface area contributed by atoms with E-state index in [-0.39, 0.29) is 0 Å². The van der Waals surface area contributed by atoms with Crippen LogP contribution in [0.3, 0.4) is 0 Å². The summed E-state index contributed by atoms with van der Waals surface area (Å²) in [6.45, 7) is 3.80. The first-order valence-corrected chi connectivity index (χ1v) is 6.86. The third kappa shape index (κ3) is 1.93. The second kappa shape index (κ2) is 3.84. The largest absolute Gasteiger partial charge is 0.298 e. The lowest BCUT2D eigenvalue weighted by Crippen LogP contribution is -2.55. The van der Waals surface area contributed by atoms with Crippen LogP contribution in [0.25, 0.3) is 0 Å². The van der Waals surface area contributed by atoms with Crippen molar-refractivity contribution in [3.8, 4) is 0 Å². The molecule has 2 aliphatic rings. The average molecular weight is 219 g/mol. The van der Waals surface area contributed by atoms with Gasteiger partial charge in [0, 0.05) is 30.8 Å². The molecule has 80 valence electrons. The molecule has 0 saturated carbocycles. The molecule has 1 aromatic rings. The Kier molecular flexibility index (Phi) is 2.49. The van der Waals surface area contributed by atoms with Crippen LogP contribution in [0.1, 0.15) is 12.0 Å². The predicted molar refractivity (Wildman–Crippen MR) is 66.1 cm³/mol. The quantitative estimate of drug-likeness (QED) is 0.752. The summed E-state index contributed by atoms with van der Waals surface area (Å²) in [5.74, 6) is 2.79. The smallest absolute Gasteiger partial charge is 0.0234 e. The normalized spacial score (nSPS) is 24.3. The Morgan fingerprint density at radius 2 is 2.00 bits per heavy atom. The highest BCUT2D eigenvalue weighted by Crippen LogP contribution is 2.43. The summed E-state index contributed by atoms with van der Waals surface area (Å²) in [6.07, 6.45) is 1.45. The van der Waals surface area contributed by atoms with E-state index in [9.17, 15) is 0 Å². The number of thioether (sulfide) groups is 1. The number of benzene rings is 1. The van der Waals surface area contributed by atoms with Crippen molar-refractivity contribution in [2.75, 3.05) is 24.6 Å². The van der Waals surface area contributed by atoms with Gasteiger partial charge in [-0.25, -0.2) is 0 Å². The van der Waals surface area contributed by atoms with E-state index >= 15 is 0 Å². The molecule has 2 fully saturated rings. The fourth-order valence-electron chi connectivity index (χ4n) is 2.75. The Balaban J connectivity index is 1.56. The summed E-state index contributed by atoms with van der Waals surface area (Å²) < 4.78 is 0. The van der Waals surface area contributed by atoms with Crippen molar-refractivity contribution in [1.82, 2.24) is 4.90 Å². The Hall–Kier alpha value is -0.470. The first kappa shape index (κ1) is 9.73. The van der Waals surface area contributed by atoms with Gasteiger partial charge in [-0.15, -0.1) is 0 Å². The van der Waals surface area contributed by atoms with Crippen LogP contribution >= 0.6 is 11.8 Å². The molecular weight excluding hydrogens is 202 g/mol. The zero-order chi connectivity index (χ0) is 10.1. The molecule has 0 N–H and O–H groups in total. The lowest BCUT2D eigenvalue weighted by molar-refractivity contribution is 0.0154. The lowest BCUT2D eigenvalue weighted by Gasteiger charge is -2.48. The summed E-state index contributed by atoms with van der Waals surface area (Å²) in [4.78, 5) is 2.58. The number of nitrogens with zero attached hydrogens (tertiary/aromatic N) is 1. The SMILES string of the molecule is c1ccc(CN2CC3(CCSC3)C2)cc1. The monoisotopic (exact) mass is 219 g/mol. The third-order valence-corrected chi connectivity index (χ3v) is 4.86. The van der Waals surface area contributed by atoms with Crippen molar-refractivity contribution in [2.24, 2.45) is 5.41 Å². The zero-order valence-corrected chi connectivity index (χ0v) is 9.80. The number of likely N-dealkylation sites (tertiary alicyclic amines) is 1. The van der Waals surface area contributed by atoms with Gasteiger partial charge in [0.2, 0.25) is 0 Å². The molecule has 2 heterocycles. The summed E-state index contributed by atoms with van der Waals surface area (Å²) in [7, 11) is 0. The highest BCUT2D eigenvalue weighted by molar-refractivity contribution is 7.99. The van der Waals surface area contributed by atoms with E-state index in [1.807, 2.05) is 0 Å². The molecule has 0 radical (unpaired) electrons. The van der Waals surface area contributed by atoms with Crippen molar-refractivity contribution < 1.29 is 0 Å². The molecule has 0 atom stereocenters. The first-order valence-electron chi connectivity index (χ1n) is 5.70. The van der Waals surface area contributed by atoms with E-state index in [2.05, 4.69) is 47.0 Å². The second-order valence-corrected chi connectivity index (χ2v) is 6.04. The molecule has 0 aromatic heterocycles. The molecular formula is C13H17NS. The minimum Gasteiger partial charge on any atom is -0.298 e. The second-order valence-electron chi connectivity index (χ2n) is 4.93. The topological polar surface area (TPSA) is 3.24 Å². The van der Waals surface area contributed by atoms with Crippen molar-refractivity contribution in [1.29, 1.82) is 0 Å². The Morgan fingerprint density at radius 1 is 1.20 bits per heavy atom. The van der Waals surface area contributed by atoms with Crippen LogP contribution < -0.4 is 0 Å². The molecule has 2 saturated heterocycles. The van der Waals surface area contributed by atoms with Gasteiger partial charge in [-0.1, -0.05) is 30.3 Å². The predicted octanol–water partition coefficient (Wildman–Crippen LogP) is 2.63. The maximum Gasteiger partial charge on any atom is 0.0234 e. The van der Waals surface area contributed by atoms with E-state index in [1.54, 1.807) is 0 Å². The van der Waals surface area contributed by atoms with Crippen LogP contribution in [0.15, 0.2) is 30.3 Å². The molecule has 0 amide bonds. The van der Waals surface area contributed by atoms with Gasteiger partial charge in [-0.3, -0.25) is 4.90 Å². The average Bonchev–Trinajstić information content (AvgIpc) is 2.68. The van der Waals surface area contributed by atoms with E-state index in [0.717, 1.165) is 6.54 Å². The van der Waals surface area contributed by atoms with Crippen molar-refractivity contribution in [3.63, 3.8) is 0 Å². The van der Waals surface area contributed by atoms with E-state index in [0.29, 0.717) is 5.41 Å². The van der Waals surface area contributed by atoms with Crippen LogP contribution in [-0.2, 0) is 6.54 Å². The molecule has 1 nitrogen and oxygen atoms in total. The summed E-state index contributed by atoms with van der Waals surface area (Å²) in [6, 6.07) is 10.8. The minimum atomic E-state index is 0.708. The number of rotatable bonds is 2. The maximum atomic E-state index is 2.58. The van der Waals surface area contributed by atoms with Crippen molar-refractivity contribution in [3.05, 3.63) is 35.9 Å². The highest BCUT2D eigenvalue weighted by atomic mass is 32.2. The molecule has 2 aliphatic heterocycles. The van der Waals surface area contributed by atoms with Crippen LogP contribution in [0.2, 0.25) is 0 Å². The molecule has 0 aliphatic carbocycles. The maximum absolute atomic E-state index is 2.58.